The lowest BCUT2D eigenvalue weighted by atomic mass is 10.1. The van der Waals surface area contributed by atoms with Crippen molar-refractivity contribution in [1.29, 1.82) is 0 Å². The van der Waals surface area contributed by atoms with Crippen LogP contribution in [0.4, 0.5) is 11.6 Å². The molecule has 1 N–H and O–H groups in total. The van der Waals surface area contributed by atoms with Gasteiger partial charge < -0.3 is 9.88 Å². The zero-order valence-electron chi connectivity index (χ0n) is 11.3. The van der Waals surface area contributed by atoms with E-state index < -0.39 is 0 Å². The molecule has 1 aromatic carbocycles. The summed E-state index contributed by atoms with van der Waals surface area (Å²) in [7, 11) is 0. The van der Waals surface area contributed by atoms with Crippen LogP contribution in [0.25, 0.3) is 0 Å². The minimum Gasteiger partial charge on any atom is -0.326 e. The van der Waals surface area contributed by atoms with Crippen LogP contribution < -0.4 is 5.32 Å². The third-order valence-corrected chi connectivity index (χ3v) is 3.23. The van der Waals surface area contributed by atoms with Crippen molar-refractivity contribution in [3.05, 3.63) is 72.3 Å². The molecule has 0 spiro atoms. The Bertz CT molecular complexity index is 688. The Morgan fingerprint density at radius 1 is 1.10 bits per heavy atom. The minimum atomic E-state index is 0.759. The maximum atomic E-state index is 4.37. The van der Waals surface area contributed by atoms with Crippen LogP contribution >= 0.6 is 0 Å². The molecule has 0 radical (unpaired) electrons. The molecular formula is C16H16N4. The van der Waals surface area contributed by atoms with Crippen LogP contribution in [0.1, 0.15) is 11.1 Å². The predicted octanol–water partition coefficient (Wildman–Crippen LogP) is 3.38. The van der Waals surface area contributed by atoms with Crippen molar-refractivity contribution in [2.45, 2.75) is 13.5 Å². The highest BCUT2D eigenvalue weighted by Gasteiger charge is 2.05. The molecule has 0 amide bonds. The van der Waals surface area contributed by atoms with Gasteiger partial charge in [-0.2, -0.15) is 0 Å². The molecular weight excluding hydrogens is 248 g/mol. The van der Waals surface area contributed by atoms with E-state index in [4.69, 9.17) is 0 Å². The van der Waals surface area contributed by atoms with Gasteiger partial charge in [0.25, 0.3) is 0 Å². The van der Waals surface area contributed by atoms with Gasteiger partial charge in [-0.3, -0.25) is 4.98 Å². The maximum Gasteiger partial charge on any atom is 0.207 e. The number of pyridine rings is 1. The molecule has 0 bridgehead atoms. The standard InChI is InChI=1S/C16H16N4/c1-13-7-8-17-11-14(13)12-20-10-9-18-16(20)19-15-5-3-2-4-6-15/h2-11H,12H2,1H3,(H,18,19). The average Bonchev–Trinajstić information content (AvgIpc) is 2.90. The van der Waals surface area contributed by atoms with Gasteiger partial charge in [0.1, 0.15) is 0 Å². The van der Waals surface area contributed by atoms with Gasteiger partial charge in [0.05, 0.1) is 6.54 Å². The van der Waals surface area contributed by atoms with E-state index in [1.54, 1.807) is 6.20 Å². The van der Waals surface area contributed by atoms with Crippen molar-refractivity contribution in [1.82, 2.24) is 14.5 Å². The van der Waals surface area contributed by atoms with E-state index in [1.807, 2.05) is 55.0 Å². The van der Waals surface area contributed by atoms with Crippen LogP contribution in [0.2, 0.25) is 0 Å². The van der Waals surface area contributed by atoms with Gasteiger partial charge in [-0.15, -0.1) is 0 Å². The number of aromatic nitrogens is 3. The van der Waals surface area contributed by atoms with E-state index in [9.17, 15) is 0 Å². The summed E-state index contributed by atoms with van der Waals surface area (Å²) in [5.74, 6) is 0.833. The Balaban J connectivity index is 1.82. The monoisotopic (exact) mass is 264 g/mol. The SMILES string of the molecule is Cc1ccncc1Cn1ccnc1Nc1ccccc1. The van der Waals surface area contributed by atoms with E-state index in [2.05, 4.69) is 26.8 Å². The van der Waals surface area contributed by atoms with Crippen molar-refractivity contribution < 1.29 is 0 Å². The average molecular weight is 264 g/mol. The first-order chi connectivity index (χ1) is 9.83. The third kappa shape index (κ3) is 2.69. The van der Waals surface area contributed by atoms with Gasteiger partial charge in [0, 0.05) is 30.5 Å². The minimum absolute atomic E-state index is 0.759. The first-order valence-electron chi connectivity index (χ1n) is 6.55. The molecule has 0 unspecified atom stereocenters. The number of hydrogen-bond acceptors (Lipinski definition) is 3. The Morgan fingerprint density at radius 2 is 1.95 bits per heavy atom. The molecule has 4 nitrogen and oxygen atoms in total. The molecule has 3 aromatic rings. The summed E-state index contributed by atoms with van der Waals surface area (Å²) in [5, 5.41) is 3.32. The molecule has 2 aromatic heterocycles. The first-order valence-corrected chi connectivity index (χ1v) is 6.55. The Morgan fingerprint density at radius 3 is 2.75 bits per heavy atom. The number of anilines is 2. The van der Waals surface area contributed by atoms with Crippen LogP contribution in [0.5, 0.6) is 0 Å². The van der Waals surface area contributed by atoms with E-state index in [0.29, 0.717) is 0 Å². The predicted molar refractivity (Wildman–Crippen MR) is 80.0 cm³/mol. The fraction of sp³-hybridized carbons (Fsp3) is 0.125. The van der Waals surface area contributed by atoms with Gasteiger partial charge in [0.2, 0.25) is 5.95 Å². The second-order valence-corrected chi connectivity index (χ2v) is 4.67. The van der Waals surface area contributed by atoms with Crippen molar-refractivity contribution in [3.63, 3.8) is 0 Å². The quantitative estimate of drug-likeness (QED) is 0.785. The van der Waals surface area contributed by atoms with Crippen LogP contribution in [0, 0.1) is 6.92 Å². The number of aryl methyl sites for hydroxylation is 1. The molecule has 0 saturated carbocycles. The van der Waals surface area contributed by atoms with Crippen LogP contribution in [-0.4, -0.2) is 14.5 Å². The number of para-hydroxylation sites is 1. The molecule has 3 rings (SSSR count). The van der Waals surface area contributed by atoms with Gasteiger partial charge in [-0.25, -0.2) is 4.98 Å². The molecule has 0 saturated heterocycles. The van der Waals surface area contributed by atoms with Gasteiger partial charge in [-0.05, 0) is 36.2 Å². The third-order valence-electron chi connectivity index (χ3n) is 3.23. The molecule has 0 atom stereocenters. The molecule has 4 heteroatoms. The Labute approximate surface area is 118 Å². The van der Waals surface area contributed by atoms with Crippen LogP contribution in [0.3, 0.4) is 0 Å². The second kappa shape index (κ2) is 5.57. The normalized spacial score (nSPS) is 10.4. The van der Waals surface area contributed by atoms with E-state index in [0.717, 1.165) is 18.2 Å². The fourth-order valence-corrected chi connectivity index (χ4v) is 2.06. The van der Waals surface area contributed by atoms with Crippen molar-refractivity contribution in [2.24, 2.45) is 0 Å². The lowest BCUT2D eigenvalue weighted by Crippen LogP contribution is -2.05. The summed E-state index contributed by atoms with van der Waals surface area (Å²) in [6.07, 6.45) is 7.49. The van der Waals surface area contributed by atoms with Crippen molar-refractivity contribution in [3.8, 4) is 0 Å². The number of hydrogen-bond donors (Lipinski definition) is 1. The smallest absolute Gasteiger partial charge is 0.207 e. The summed E-state index contributed by atoms with van der Waals surface area (Å²) >= 11 is 0. The van der Waals surface area contributed by atoms with Crippen molar-refractivity contribution >= 4 is 11.6 Å². The maximum absolute atomic E-state index is 4.37. The highest BCUT2D eigenvalue weighted by atomic mass is 15.2. The van der Waals surface area contributed by atoms with Crippen LogP contribution in [-0.2, 0) is 6.54 Å². The lowest BCUT2D eigenvalue weighted by molar-refractivity contribution is 0.798. The Hall–Kier alpha value is -2.62. The fourth-order valence-electron chi connectivity index (χ4n) is 2.06. The number of nitrogens with one attached hydrogen (secondary N) is 1. The van der Waals surface area contributed by atoms with Gasteiger partial charge in [-0.1, -0.05) is 18.2 Å². The topological polar surface area (TPSA) is 42.7 Å². The molecule has 2 heterocycles. The van der Waals surface area contributed by atoms with Gasteiger partial charge >= 0.3 is 0 Å². The summed E-state index contributed by atoms with van der Waals surface area (Å²) in [6.45, 7) is 2.85. The van der Waals surface area contributed by atoms with E-state index in [-0.39, 0.29) is 0 Å². The molecule has 0 aliphatic heterocycles. The first kappa shape index (κ1) is 12.4. The molecule has 0 fully saturated rings. The summed E-state index contributed by atoms with van der Waals surface area (Å²) in [5.41, 5.74) is 3.46. The number of nitrogens with zero attached hydrogens (tertiary/aromatic N) is 3. The largest absolute Gasteiger partial charge is 0.326 e. The van der Waals surface area contributed by atoms with Gasteiger partial charge in [0.15, 0.2) is 0 Å². The summed E-state index contributed by atoms with van der Waals surface area (Å²) in [6, 6.07) is 12.1. The Kier molecular flexibility index (Phi) is 3.46. The van der Waals surface area contributed by atoms with Crippen LogP contribution in [0.15, 0.2) is 61.2 Å². The number of rotatable bonds is 4. The molecule has 20 heavy (non-hydrogen) atoms. The highest BCUT2D eigenvalue weighted by molar-refractivity contribution is 5.53. The summed E-state index contributed by atoms with van der Waals surface area (Å²) in [4.78, 5) is 8.55. The number of imidazole rings is 1. The molecule has 100 valence electrons. The van der Waals surface area contributed by atoms with E-state index >= 15 is 0 Å². The van der Waals surface area contributed by atoms with E-state index in [1.165, 1.54) is 11.1 Å². The molecule has 0 aliphatic rings. The number of benzene rings is 1. The second-order valence-electron chi connectivity index (χ2n) is 4.67. The zero-order chi connectivity index (χ0) is 13.8. The molecule has 0 aliphatic carbocycles. The summed E-state index contributed by atoms with van der Waals surface area (Å²) < 4.78 is 2.08. The highest BCUT2D eigenvalue weighted by Crippen LogP contribution is 2.16. The lowest BCUT2D eigenvalue weighted by Gasteiger charge is -2.11. The zero-order valence-corrected chi connectivity index (χ0v) is 11.3. The van der Waals surface area contributed by atoms with Crippen molar-refractivity contribution in [2.75, 3.05) is 5.32 Å².